The highest BCUT2D eigenvalue weighted by Crippen LogP contribution is 2.41. The van der Waals surface area contributed by atoms with E-state index in [1.807, 2.05) is 24.4 Å². The van der Waals surface area contributed by atoms with Crippen molar-refractivity contribution in [3.05, 3.63) is 54.6 Å². The van der Waals surface area contributed by atoms with E-state index in [9.17, 15) is 0 Å². The van der Waals surface area contributed by atoms with Crippen LogP contribution in [0.15, 0.2) is 48.9 Å². The first-order chi connectivity index (χ1) is 12.2. The molecule has 4 aromatic rings. The summed E-state index contributed by atoms with van der Waals surface area (Å²) in [5.74, 6) is 0.517. The molecule has 0 bridgehead atoms. The third-order valence-electron chi connectivity index (χ3n) is 4.92. The smallest absolute Gasteiger partial charge is 0.146 e. The summed E-state index contributed by atoms with van der Waals surface area (Å²) in [5, 5.41) is 2.03. The van der Waals surface area contributed by atoms with Gasteiger partial charge in [0.25, 0.3) is 0 Å². The Morgan fingerprint density at radius 3 is 2.92 bits per heavy atom. The molecule has 5 nitrogen and oxygen atoms in total. The van der Waals surface area contributed by atoms with E-state index < -0.39 is 0 Å². The van der Waals surface area contributed by atoms with Crippen molar-refractivity contribution in [2.45, 2.75) is 19.9 Å². The number of nitrogens with two attached hydrogens (primary N) is 1. The quantitative estimate of drug-likeness (QED) is 0.573. The van der Waals surface area contributed by atoms with Crippen LogP contribution in [-0.4, -0.2) is 19.5 Å². The largest absolute Gasteiger partial charge is 0.383 e. The van der Waals surface area contributed by atoms with Crippen LogP contribution >= 0.6 is 0 Å². The number of nitrogen functional groups attached to an aromatic ring is 1. The van der Waals surface area contributed by atoms with E-state index in [1.54, 1.807) is 6.33 Å². The molecule has 4 heterocycles. The summed E-state index contributed by atoms with van der Waals surface area (Å²) in [7, 11) is 0. The van der Waals surface area contributed by atoms with E-state index in [2.05, 4.69) is 44.7 Å². The van der Waals surface area contributed by atoms with Gasteiger partial charge in [-0.3, -0.25) is 4.98 Å². The van der Waals surface area contributed by atoms with Gasteiger partial charge in [-0.1, -0.05) is 24.3 Å². The molecule has 5 heteroatoms. The van der Waals surface area contributed by atoms with Gasteiger partial charge in [0.05, 0.1) is 16.6 Å². The monoisotopic (exact) mass is 327 g/mol. The van der Waals surface area contributed by atoms with Gasteiger partial charge in [0.15, 0.2) is 0 Å². The molecule has 0 unspecified atom stereocenters. The van der Waals surface area contributed by atoms with Crippen molar-refractivity contribution < 1.29 is 0 Å². The fourth-order valence-electron chi connectivity index (χ4n) is 3.82. The Labute approximate surface area is 144 Å². The molecule has 0 radical (unpaired) electrons. The molecule has 0 saturated heterocycles. The molecule has 3 aromatic heterocycles. The standard InChI is InChI=1S/C20H17N5/c1-12-5-4-8-25-18(12)16(17-19(21)23-11-24-20(17)25)14-9-13-6-2-3-7-15(13)22-10-14/h2-3,5-7,9-11H,4,8H2,1H3,(H2,21,23,24). The lowest BCUT2D eigenvalue weighted by Gasteiger charge is -2.16. The minimum atomic E-state index is 0.517. The number of pyridine rings is 1. The van der Waals surface area contributed by atoms with Crippen LogP contribution in [0.1, 0.15) is 19.0 Å². The van der Waals surface area contributed by atoms with E-state index in [-0.39, 0.29) is 0 Å². The maximum Gasteiger partial charge on any atom is 0.146 e. The van der Waals surface area contributed by atoms with Gasteiger partial charge in [-0.15, -0.1) is 0 Å². The summed E-state index contributed by atoms with van der Waals surface area (Å²) in [4.78, 5) is 13.4. The van der Waals surface area contributed by atoms with E-state index in [0.29, 0.717) is 5.82 Å². The Bertz CT molecular complexity index is 1170. The van der Waals surface area contributed by atoms with Crippen LogP contribution in [-0.2, 0) is 6.54 Å². The van der Waals surface area contributed by atoms with Crippen LogP contribution < -0.4 is 5.73 Å². The molecule has 0 spiro atoms. The molecule has 0 atom stereocenters. The highest BCUT2D eigenvalue weighted by Gasteiger charge is 2.24. The number of anilines is 1. The third kappa shape index (κ3) is 1.99. The normalized spacial score (nSPS) is 13.9. The van der Waals surface area contributed by atoms with Gasteiger partial charge < -0.3 is 10.3 Å². The number of para-hydroxylation sites is 1. The molecule has 5 rings (SSSR count). The summed E-state index contributed by atoms with van der Waals surface area (Å²) in [6.07, 6.45) is 6.74. The second-order valence-corrected chi connectivity index (χ2v) is 6.43. The second kappa shape index (κ2) is 5.14. The maximum absolute atomic E-state index is 6.26. The van der Waals surface area contributed by atoms with E-state index >= 15 is 0 Å². The topological polar surface area (TPSA) is 69.6 Å². The number of hydrogen-bond acceptors (Lipinski definition) is 4. The number of hydrogen-bond donors (Lipinski definition) is 1. The summed E-state index contributed by atoms with van der Waals surface area (Å²) >= 11 is 0. The molecule has 2 N–H and O–H groups in total. The second-order valence-electron chi connectivity index (χ2n) is 6.43. The number of benzene rings is 1. The lowest BCUT2D eigenvalue weighted by Crippen LogP contribution is -2.07. The predicted octanol–water partition coefficient (Wildman–Crippen LogP) is 4.04. The van der Waals surface area contributed by atoms with Gasteiger partial charge in [0, 0.05) is 29.3 Å². The summed E-state index contributed by atoms with van der Waals surface area (Å²) in [6, 6.07) is 10.3. The minimum absolute atomic E-state index is 0.517. The Morgan fingerprint density at radius 2 is 2.00 bits per heavy atom. The molecule has 0 aliphatic carbocycles. The van der Waals surface area contributed by atoms with Gasteiger partial charge in [-0.05, 0) is 31.1 Å². The lowest BCUT2D eigenvalue weighted by molar-refractivity contribution is 0.706. The van der Waals surface area contributed by atoms with Gasteiger partial charge in [0.1, 0.15) is 17.8 Å². The Balaban J connectivity index is 1.92. The molecule has 1 aliphatic heterocycles. The van der Waals surface area contributed by atoms with Crippen LogP contribution in [0, 0.1) is 0 Å². The van der Waals surface area contributed by atoms with Gasteiger partial charge in [-0.25, -0.2) is 9.97 Å². The Hall–Kier alpha value is -3.21. The van der Waals surface area contributed by atoms with Crippen molar-refractivity contribution >= 4 is 33.3 Å². The van der Waals surface area contributed by atoms with E-state index in [4.69, 9.17) is 5.73 Å². The van der Waals surface area contributed by atoms with Gasteiger partial charge in [0.2, 0.25) is 0 Å². The first-order valence-corrected chi connectivity index (χ1v) is 8.39. The first-order valence-electron chi connectivity index (χ1n) is 8.39. The highest BCUT2D eigenvalue weighted by atomic mass is 15.1. The molecule has 1 aliphatic rings. The summed E-state index contributed by atoms with van der Waals surface area (Å²) in [5.41, 5.74) is 12.7. The van der Waals surface area contributed by atoms with Crippen LogP contribution in [0.4, 0.5) is 5.82 Å². The van der Waals surface area contributed by atoms with Crippen LogP contribution in [0.25, 0.3) is 38.6 Å². The molecule has 0 fully saturated rings. The van der Waals surface area contributed by atoms with Crippen molar-refractivity contribution in [1.82, 2.24) is 19.5 Å². The molecule has 122 valence electrons. The number of fused-ring (bicyclic) bond motifs is 4. The van der Waals surface area contributed by atoms with Crippen molar-refractivity contribution in [3.63, 3.8) is 0 Å². The highest BCUT2D eigenvalue weighted by molar-refractivity contribution is 6.06. The Kier molecular flexibility index (Phi) is 2.91. The summed E-state index contributed by atoms with van der Waals surface area (Å²) in [6.45, 7) is 3.05. The first kappa shape index (κ1) is 14.2. The van der Waals surface area contributed by atoms with Crippen molar-refractivity contribution in [2.75, 3.05) is 5.73 Å². The molecular weight excluding hydrogens is 310 g/mol. The van der Waals surface area contributed by atoms with Gasteiger partial charge in [-0.2, -0.15) is 0 Å². The zero-order valence-electron chi connectivity index (χ0n) is 13.9. The summed E-state index contributed by atoms with van der Waals surface area (Å²) < 4.78 is 2.26. The van der Waals surface area contributed by atoms with E-state index in [1.165, 1.54) is 11.3 Å². The van der Waals surface area contributed by atoms with Crippen LogP contribution in [0.3, 0.4) is 0 Å². The number of rotatable bonds is 1. The van der Waals surface area contributed by atoms with Gasteiger partial charge >= 0.3 is 0 Å². The average molecular weight is 327 g/mol. The third-order valence-corrected chi connectivity index (χ3v) is 4.92. The van der Waals surface area contributed by atoms with Crippen molar-refractivity contribution in [3.8, 4) is 11.1 Å². The molecule has 25 heavy (non-hydrogen) atoms. The predicted molar refractivity (Wildman–Crippen MR) is 101 cm³/mol. The molecule has 0 saturated carbocycles. The molecule has 1 aromatic carbocycles. The zero-order valence-corrected chi connectivity index (χ0v) is 13.9. The molecule has 0 amide bonds. The molecular formula is C20H17N5. The number of aromatic nitrogens is 4. The van der Waals surface area contributed by atoms with Crippen molar-refractivity contribution in [1.29, 1.82) is 0 Å². The fraction of sp³-hybridized carbons (Fsp3) is 0.150. The van der Waals surface area contributed by atoms with Crippen molar-refractivity contribution in [2.24, 2.45) is 0 Å². The number of aryl methyl sites for hydroxylation is 1. The fourth-order valence-corrected chi connectivity index (χ4v) is 3.82. The van der Waals surface area contributed by atoms with Crippen LogP contribution in [0.5, 0.6) is 0 Å². The Morgan fingerprint density at radius 1 is 1.12 bits per heavy atom. The minimum Gasteiger partial charge on any atom is -0.383 e. The average Bonchev–Trinajstić information content (AvgIpc) is 2.99. The maximum atomic E-state index is 6.26. The number of nitrogens with zero attached hydrogens (tertiary/aromatic N) is 4. The number of allylic oxidation sites excluding steroid dienone is 2. The lowest BCUT2D eigenvalue weighted by atomic mass is 9.98. The SMILES string of the molecule is CC1=CCCn2c1c(-c1cnc3ccccc3c1)c1c(N)ncnc12. The zero-order chi connectivity index (χ0) is 17.0. The van der Waals surface area contributed by atoms with Crippen LogP contribution in [0.2, 0.25) is 0 Å². The van der Waals surface area contributed by atoms with E-state index in [0.717, 1.165) is 46.0 Å².